The van der Waals surface area contributed by atoms with Gasteiger partial charge in [0.05, 0.1) is 24.5 Å². The number of thiophene rings is 1. The lowest BCUT2D eigenvalue weighted by Crippen LogP contribution is -2.35. The Kier molecular flexibility index (Phi) is 5.08. The van der Waals surface area contributed by atoms with Crippen molar-refractivity contribution in [3.63, 3.8) is 0 Å². The van der Waals surface area contributed by atoms with Crippen LogP contribution in [0.2, 0.25) is 0 Å². The van der Waals surface area contributed by atoms with Crippen molar-refractivity contribution in [3.8, 4) is 0 Å². The molecular weight excluding hydrogens is 342 g/mol. The lowest BCUT2D eigenvalue weighted by Gasteiger charge is -2.25. The Bertz CT molecular complexity index is 783. The Hall–Kier alpha value is -2.35. The zero-order valence-corrected chi connectivity index (χ0v) is 15.3. The van der Waals surface area contributed by atoms with Crippen LogP contribution in [0.4, 0.5) is 10.5 Å². The summed E-state index contributed by atoms with van der Waals surface area (Å²) in [5, 5.41) is 8.65. The summed E-state index contributed by atoms with van der Waals surface area (Å²) in [6.45, 7) is 4.57. The Balaban J connectivity index is 1.81. The second-order valence-electron chi connectivity index (χ2n) is 5.89. The van der Waals surface area contributed by atoms with Gasteiger partial charge in [0.2, 0.25) is 0 Å². The van der Waals surface area contributed by atoms with Crippen LogP contribution in [0, 0.1) is 6.92 Å². The number of nitrogens with one attached hydrogen (secondary N) is 1. The van der Waals surface area contributed by atoms with E-state index in [0.717, 1.165) is 36.3 Å². The normalized spacial score (nSPS) is 16.9. The lowest BCUT2D eigenvalue weighted by molar-refractivity contribution is 0.0607. The number of hydrogen-bond acceptors (Lipinski definition) is 6. The molecule has 3 heterocycles. The molecule has 1 aliphatic heterocycles. The van der Waals surface area contributed by atoms with Gasteiger partial charge < -0.3 is 19.5 Å². The molecule has 0 aliphatic carbocycles. The van der Waals surface area contributed by atoms with Crippen molar-refractivity contribution in [2.75, 3.05) is 19.0 Å². The van der Waals surface area contributed by atoms with Crippen LogP contribution in [0.15, 0.2) is 16.0 Å². The highest BCUT2D eigenvalue weighted by atomic mass is 32.1. The number of rotatable bonds is 4. The minimum atomic E-state index is -0.452. The minimum absolute atomic E-state index is 0.0542. The van der Waals surface area contributed by atoms with Crippen molar-refractivity contribution in [2.45, 2.75) is 39.2 Å². The Morgan fingerprint density at radius 2 is 2.32 bits per heavy atom. The highest BCUT2D eigenvalue weighted by Gasteiger charge is 2.34. The molecule has 0 aromatic carbocycles. The summed E-state index contributed by atoms with van der Waals surface area (Å²) in [6.07, 6.45) is 2.52. The Labute approximate surface area is 149 Å². The van der Waals surface area contributed by atoms with Crippen LogP contribution in [0.1, 0.15) is 52.5 Å². The third-order valence-corrected chi connectivity index (χ3v) is 5.32. The number of carbonyl (C=O) groups is 2. The number of urea groups is 1. The third kappa shape index (κ3) is 3.26. The van der Waals surface area contributed by atoms with Gasteiger partial charge in [-0.1, -0.05) is 12.1 Å². The predicted octanol–water partition coefficient (Wildman–Crippen LogP) is 3.76. The second-order valence-corrected chi connectivity index (χ2v) is 6.81. The molecule has 2 amide bonds. The Morgan fingerprint density at radius 1 is 1.52 bits per heavy atom. The van der Waals surface area contributed by atoms with Gasteiger partial charge in [-0.05, 0) is 31.2 Å². The average Bonchev–Trinajstić information content (AvgIpc) is 3.32. The summed E-state index contributed by atoms with van der Waals surface area (Å²) in [6, 6.07) is 1.43. The van der Waals surface area contributed by atoms with Crippen LogP contribution < -0.4 is 5.32 Å². The van der Waals surface area contributed by atoms with E-state index in [1.807, 2.05) is 13.8 Å². The number of methoxy groups -OCH3 is 1. The molecule has 2 aromatic rings. The monoisotopic (exact) mass is 363 g/mol. The molecule has 1 atom stereocenters. The smallest absolute Gasteiger partial charge is 0.350 e. The molecule has 0 bridgehead atoms. The molecule has 25 heavy (non-hydrogen) atoms. The fraction of sp³-hybridized carbons (Fsp3) is 0.471. The van der Waals surface area contributed by atoms with Crippen molar-refractivity contribution < 1.29 is 18.8 Å². The van der Waals surface area contributed by atoms with E-state index in [4.69, 9.17) is 9.26 Å². The highest BCUT2D eigenvalue weighted by molar-refractivity contribution is 7.12. The SMILES string of the molecule is CCc1onc(C)c1[C@H]1CCCN1C(=O)Nc1ccsc1C(=O)OC. The first-order valence-electron chi connectivity index (χ1n) is 8.25. The molecule has 1 aliphatic rings. The fourth-order valence-electron chi connectivity index (χ4n) is 3.26. The molecule has 8 heteroatoms. The number of amides is 2. The number of aromatic nitrogens is 1. The Morgan fingerprint density at radius 3 is 3.04 bits per heavy atom. The topological polar surface area (TPSA) is 84.7 Å². The van der Waals surface area contributed by atoms with Gasteiger partial charge in [-0.2, -0.15) is 0 Å². The maximum absolute atomic E-state index is 12.8. The summed E-state index contributed by atoms with van der Waals surface area (Å²) in [5.41, 5.74) is 2.31. The predicted molar refractivity (Wildman–Crippen MR) is 94.0 cm³/mol. The average molecular weight is 363 g/mol. The quantitative estimate of drug-likeness (QED) is 0.836. The van der Waals surface area contributed by atoms with Crippen LogP contribution in [-0.4, -0.2) is 35.7 Å². The summed E-state index contributed by atoms with van der Waals surface area (Å²) < 4.78 is 10.1. The van der Waals surface area contributed by atoms with Crippen LogP contribution >= 0.6 is 11.3 Å². The minimum Gasteiger partial charge on any atom is -0.465 e. The van der Waals surface area contributed by atoms with Crippen molar-refractivity contribution in [1.29, 1.82) is 0 Å². The van der Waals surface area contributed by atoms with E-state index in [0.29, 0.717) is 17.1 Å². The van der Waals surface area contributed by atoms with Crippen LogP contribution in [0.25, 0.3) is 0 Å². The first kappa shape index (κ1) is 17.5. The number of likely N-dealkylation sites (tertiary alicyclic amines) is 1. The first-order valence-corrected chi connectivity index (χ1v) is 9.13. The summed E-state index contributed by atoms with van der Waals surface area (Å²) in [5.74, 6) is 0.374. The van der Waals surface area contributed by atoms with Gasteiger partial charge in [-0.3, -0.25) is 0 Å². The van der Waals surface area contributed by atoms with E-state index in [-0.39, 0.29) is 12.1 Å². The number of hydrogen-bond donors (Lipinski definition) is 1. The van der Waals surface area contributed by atoms with E-state index in [9.17, 15) is 9.59 Å². The maximum atomic E-state index is 12.8. The second kappa shape index (κ2) is 7.26. The number of anilines is 1. The molecular formula is C17H21N3O4S. The molecule has 2 aromatic heterocycles. The highest BCUT2D eigenvalue weighted by Crippen LogP contribution is 2.36. The maximum Gasteiger partial charge on any atom is 0.350 e. The summed E-state index contributed by atoms with van der Waals surface area (Å²) in [7, 11) is 1.32. The molecule has 1 N–H and O–H groups in total. The van der Waals surface area contributed by atoms with E-state index in [2.05, 4.69) is 10.5 Å². The summed E-state index contributed by atoms with van der Waals surface area (Å²) in [4.78, 5) is 26.8. The van der Waals surface area contributed by atoms with E-state index in [1.54, 1.807) is 16.3 Å². The zero-order chi connectivity index (χ0) is 18.0. The molecule has 3 rings (SSSR count). The van der Waals surface area contributed by atoms with Gasteiger partial charge in [0, 0.05) is 18.5 Å². The molecule has 0 spiro atoms. The fourth-order valence-corrected chi connectivity index (χ4v) is 4.03. The number of ether oxygens (including phenoxy) is 1. The van der Waals surface area contributed by atoms with Gasteiger partial charge in [0.15, 0.2) is 0 Å². The molecule has 1 saturated heterocycles. The standard InChI is InChI=1S/C17H21N3O4S/c1-4-13-14(10(2)19-24-13)12-6-5-8-20(12)17(22)18-11-7-9-25-15(11)16(21)23-3/h7,9,12H,4-6,8H2,1-3H3,(H,18,22)/t12-/m1/s1. The first-order chi connectivity index (χ1) is 12.1. The largest absolute Gasteiger partial charge is 0.465 e. The molecule has 0 radical (unpaired) electrons. The van der Waals surface area contributed by atoms with E-state index in [1.165, 1.54) is 18.4 Å². The molecule has 134 valence electrons. The molecule has 1 fully saturated rings. The van der Waals surface area contributed by atoms with Crippen LogP contribution in [-0.2, 0) is 11.2 Å². The van der Waals surface area contributed by atoms with E-state index >= 15 is 0 Å². The van der Waals surface area contributed by atoms with Gasteiger partial charge in [0.25, 0.3) is 0 Å². The van der Waals surface area contributed by atoms with Crippen molar-refractivity contribution in [1.82, 2.24) is 10.1 Å². The molecule has 0 unspecified atom stereocenters. The van der Waals surface area contributed by atoms with E-state index < -0.39 is 5.97 Å². The van der Waals surface area contributed by atoms with Crippen molar-refractivity contribution >= 4 is 29.0 Å². The van der Waals surface area contributed by atoms with Gasteiger partial charge in [0.1, 0.15) is 10.6 Å². The van der Waals surface area contributed by atoms with Crippen LogP contribution in [0.3, 0.4) is 0 Å². The number of esters is 1. The van der Waals surface area contributed by atoms with Gasteiger partial charge in [-0.15, -0.1) is 11.3 Å². The zero-order valence-electron chi connectivity index (χ0n) is 14.5. The van der Waals surface area contributed by atoms with Gasteiger partial charge in [-0.25, -0.2) is 9.59 Å². The van der Waals surface area contributed by atoms with Crippen molar-refractivity contribution in [2.24, 2.45) is 0 Å². The molecule has 7 nitrogen and oxygen atoms in total. The van der Waals surface area contributed by atoms with Crippen LogP contribution in [0.5, 0.6) is 0 Å². The number of carbonyl (C=O) groups excluding carboxylic acids is 2. The lowest BCUT2D eigenvalue weighted by atomic mass is 10.0. The number of nitrogens with zero attached hydrogens (tertiary/aromatic N) is 2. The van der Waals surface area contributed by atoms with Crippen molar-refractivity contribution in [3.05, 3.63) is 33.3 Å². The molecule has 0 saturated carbocycles. The van der Waals surface area contributed by atoms with Gasteiger partial charge >= 0.3 is 12.0 Å². The third-order valence-electron chi connectivity index (χ3n) is 4.43. The number of aryl methyl sites for hydroxylation is 2. The summed E-state index contributed by atoms with van der Waals surface area (Å²) >= 11 is 1.24.